The van der Waals surface area contributed by atoms with Crippen LogP contribution in [0.3, 0.4) is 0 Å². The molecule has 76 valence electrons. The van der Waals surface area contributed by atoms with Crippen LogP contribution in [0.25, 0.3) is 0 Å². The molecule has 2 rings (SSSR count). The molecule has 1 saturated heterocycles. The second-order valence-electron chi connectivity index (χ2n) is 3.96. The van der Waals surface area contributed by atoms with E-state index < -0.39 is 0 Å². The Bertz CT molecular complexity index is 275. The zero-order chi connectivity index (χ0) is 9.80. The lowest BCUT2D eigenvalue weighted by atomic mass is 10.1. The molecule has 0 atom stereocenters. The lowest BCUT2D eigenvalue weighted by molar-refractivity contribution is 0.221. The van der Waals surface area contributed by atoms with Crippen molar-refractivity contribution in [1.29, 1.82) is 0 Å². The van der Waals surface area contributed by atoms with Crippen molar-refractivity contribution in [2.75, 3.05) is 13.1 Å². The van der Waals surface area contributed by atoms with Crippen LogP contribution in [0.4, 0.5) is 0 Å². The average molecular weight is 210 g/mol. The van der Waals surface area contributed by atoms with Crippen LogP contribution in [-0.4, -0.2) is 18.0 Å². The van der Waals surface area contributed by atoms with Crippen LogP contribution in [0.15, 0.2) is 24.3 Å². The van der Waals surface area contributed by atoms with Gasteiger partial charge in [-0.2, -0.15) is 0 Å². The minimum atomic E-state index is 0.826. The second kappa shape index (κ2) is 4.81. The van der Waals surface area contributed by atoms with Crippen LogP contribution in [-0.2, 0) is 6.54 Å². The van der Waals surface area contributed by atoms with Crippen LogP contribution in [0, 0.1) is 0 Å². The first-order chi connectivity index (χ1) is 6.84. The summed E-state index contributed by atoms with van der Waals surface area (Å²) in [6, 6.07) is 8.19. The first-order valence-electron chi connectivity index (χ1n) is 5.31. The lowest BCUT2D eigenvalue weighted by Gasteiger charge is -2.26. The molecule has 0 spiro atoms. The van der Waals surface area contributed by atoms with Crippen molar-refractivity contribution in [1.82, 2.24) is 4.90 Å². The highest BCUT2D eigenvalue weighted by Crippen LogP contribution is 2.14. The third kappa shape index (κ3) is 2.73. The molecule has 0 bridgehead atoms. The summed E-state index contributed by atoms with van der Waals surface area (Å²) in [5.41, 5.74) is 1.37. The fraction of sp³-hybridized carbons (Fsp3) is 0.500. The van der Waals surface area contributed by atoms with Gasteiger partial charge in [-0.05, 0) is 43.6 Å². The average Bonchev–Trinajstić information content (AvgIpc) is 2.23. The van der Waals surface area contributed by atoms with Gasteiger partial charge in [-0.1, -0.05) is 30.2 Å². The van der Waals surface area contributed by atoms with E-state index in [1.807, 2.05) is 12.1 Å². The summed E-state index contributed by atoms with van der Waals surface area (Å²) in [5.74, 6) is 0. The number of rotatable bonds is 2. The number of likely N-dealkylation sites (tertiary alicyclic amines) is 1. The van der Waals surface area contributed by atoms with E-state index in [0.717, 1.165) is 11.6 Å². The maximum absolute atomic E-state index is 5.84. The molecule has 0 N–H and O–H groups in total. The molecule has 0 aromatic heterocycles. The fourth-order valence-corrected chi connectivity index (χ4v) is 2.09. The smallest absolute Gasteiger partial charge is 0.0406 e. The molecule has 1 aromatic rings. The highest BCUT2D eigenvalue weighted by atomic mass is 35.5. The van der Waals surface area contributed by atoms with Gasteiger partial charge in [-0.15, -0.1) is 0 Å². The monoisotopic (exact) mass is 209 g/mol. The third-order valence-corrected chi connectivity index (χ3v) is 3.02. The van der Waals surface area contributed by atoms with Gasteiger partial charge < -0.3 is 0 Å². The van der Waals surface area contributed by atoms with E-state index in [9.17, 15) is 0 Å². The van der Waals surface area contributed by atoms with Crippen molar-refractivity contribution in [2.24, 2.45) is 0 Å². The van der Waals surface area contributed by atoms with Gasteiger partial charge in [0.2, 0.25) is 0 Å². The van der Waals surface area contributed by atoms with Crippen LogP contribution in [0.1, 0.15) is 24.8 Å². The van der Waals surface area contributed by atoms with Crippen molar-refractivity contribution in [3.63, 3.8) is 0 Å². The Morgan fingerprint density at radius 1 is 1.00 bits per heavy atom. The van der Waals surface area contributed by atoms with Crippen LogP contribution in [0.5, 0.6) is 0 Å². The van der Waals surface area contributed by atoms with E-state index in [1.54, 1.807) is 0 Å². The Labute approximate surface area is 90.7 Å². The summed E-state index contributed by atoms with van der Waals surface area (Å²) in [7, 11) is 0. The van der Waals surface area contributed by atoms with Crippen molar-refractivity contribution in [2.45, 2.75) is 25.8 Å². The summed E-state index contributed by atoms with van der Waals surface area (Å²) in [6.07, 6.45) is 4.11. The van der Waals surface area contributed by atoms with Gasteiger partial charge in [0, 0.05) is 11.6 Å². The van der Waals surface area contributed by atoms with E-state index in [1.165, 1.54) is 37.9 Å². The van der Waals surface area contributed by atoms with Gasteiger partial charge in [0.05, 0.1) is 0 Å². The number of piperidine rings is 1. The molecule has 0 unspecified atom stereocenters. The summed E-state index contributed by atoms with van der Waals surface area (Å²) in [6.45, 7) is 3.59. The topological polar surface area (TPSA) is 3.24 Å². The SMILES string of the molecule is Clc1ccc(CN2CCCCC2)cc1. The molecule has 0 aliphatic carbocycles. The van der Waals surface area contributed by atoms with Crippen molar-refractivity contribution in [3.05, 3.63) is 34.9 Å². The fourth-order valence-electron chi connectivity index (χ4n) is 1.97. The normalized spacial score (nSPS) is 18.4. The molecule has 0 amide bonds. The number of hydrogen-bond donors (Lipinski definition) is 0. The van der Waals surface area contributed by atoms with Crippen LogP contribution in [0.2, 0.25) is 5.02 Å². The zero-order valence-corrected chi connectivity index (χ0v) is 9.13. The van der Waals surface area contributed by atoms with Crippen molar-refractivity contribution in [3.8, 4) is 0 Å². The highest BCUT2D eigenvalue weighted by molar-refractivity contribution is 6.30. The Hall–Kier alpha value is -0.530. The maximum atomic E-state index is 5.84. The molecule has 1 fully saturated rings. The number of benzene rings is 1. The predicted octanol–water partition coefficient (Wildman–Crippen LogP) is 3.33. The highest BCUT2D eigenvalue weighted by Gasteiger charge is 2.09. The second-order valence-corrected chi connectivity index (χ2v) is 4.40. The van der Waals surface area contributed by atoms with Gasteiger partial charge in [0.25, 0.3) is 0 Å². The quantitative estimate of drug-likeness (QED) is 0.723. The van der Waals surface area contributed by atoms with E-state index in [4.69, 9.17) is 11.6 Å². The molecule has 1 aromatic carbocycles. The molecule has 1 aliphatic heterocycles. The van der Waals surface area contributed by atoms with E-state index >= 15 is 0 Å². The lowest BCUT2D eigenvalue weighted by Crippen LogP contribution is -2.28. The predicted molar refractivity (Wildman–Crippen MR) is 60.6 cm³/mol. The molecule has 1 aliphatic rings. The van der Waals surface area contributed by atoms with Crippen molar-refractivity contribution < 1.29 is 0 Å². The first kappa shape index (κ1) is 10.0. The summed E-state index contributed by atoms with van der Waals surface area (Å²) in [5, 5.41) is 0.826. The molecule has 2 heteroatoms. The number of halogens is 1. The minimum absolute atomic E-state index is 0.826. The Balaban J connectivity index is 1.92. The largest absolute Gasteiger partial charge is 0.299 e. The molecule has 1 heterocycles. The van der Waals surface area contributed by atoms with Gasteiger partial charge >= 0.3 is 0 Å². The van der Waals surface area contributed by atoms with E-state index in [0.29, 0.717) is 0 Å². The molecular weight excluding hydrogens is 194 g/mol. The maximum Gasteiger partial charge on any atom is 0.0406 e. The zero-order valence-electron chi connectivity index (χ0n) is 8.38. The van der Waals surface area contributed by atoms with Crippen LogP contribution < -0.4 is 0 Å². The molecule has 0 saturated carbocycles. The standard InChI is InChI=1S/C12H16ClN/c13-12-6-4-11(5-7-12)10-14-8-2-1-3-9-14/h4-7H,1-3,8-10H2. The molecule has 14 heavy (non-hydrogen) atoms. The number of nitrogens with zero attached hydrogens (tertiary/aromatic N) is 1. The minimum Gasteiger partial charge on any atom is -0.299 e. The molecule has 1 nitrogen and oxygen atoms in total. The van der Waals surface area contributed by atoms with Crippen LogP contribution >= 0.6 is 11.6 Å². The van der Waals surface area contributed by atoms with Gasteiger partial charge in [-0.3, -0.25) is 4.90 Å². The van der Waals surface area contributed by atoms with Gasteiger partial charge in [-0.25, -0.2) is 0 Å². The summed E-state index contributed by atoms with van der Waals surface area (Å²) < 4.78 is 0. The van der Waals surface area contributed by atoms with Gasteiger partial charge in [0.15, 0.2) is 0 Å². The Morgan fingerprint density at radius 3 is 2.29 bits per heavy atom. The molecular formula is C12H16ClN. The Kier molecular flexibility index (Phi) is 3.44. The van der Waals surface area contributed by atoms with Gasteiger partial charge in [0.1, 0.15) is 0 Å². The van der Waals surface area contributed by atoms with E-state index in [2.05, 4.69) is 17.0 Å². The number of hydrogen-bond acceptors (Lipinski definition) is 1. The van der Waals surface area contributed by atoms with E-state index in [-0.39, 0.29) is 0 Å². The third-order valence-electron chi connectivity index (χ3n) is 2.77. The summed E-state index contributed by atoms with van der Waals surface area (Å²) in [4.78, 5) is 2.52. The van der Waals surface area contributed by atoms with Crippen molar-refractivity contribution >= 4 is 11.6 Å². The molecule has 0 radical (unpaired) electrons. The summed E-state index contributed by atoms with van der Waals surface area (Å²) >= 11 is 5.84. The first-order valence-corrected chi connectivity index (χ1v) is 5.69. The Morgan fingerprint density at radius 2 is 1.64 bits per heavy atom.